The Labute approximate surface area is 120 Å². The molecule has 0 aliphatic carbocycles. The quantitative estimate of drug-likeness (QED) is 0.895. The van der Waals surface area contributed by atoms with E-state index in [2.05, 4.69) is 0 Å². The van der Waals surface area contributed by atoms with Crippen molar-refractivity contribution in [2.24, 2.45) is 5.73 Å². The van der Waals surface area contributed by atoms with E-state index in [-0.39, 0.29) is 12.0 Å². The van der Waals surface area contributed by atoms with Crippen LogP contribution in [0.2, 0.25) is 0 Å². The maximum absolute atomic E-state index is 12.6. The van der Waals surface area contributed by atoms with Crippen LogP contribution in [0, 0.1) is 0 Å². The Hall–Kier alpha value is -0.950. The normalized spacial score (nSPS) is 29.1. The molecule has 2 heterocycles. The van der Waals surface area contributed by atoms with Crippen molar-refractivity contribution in [2.45, 2.75) is 24.8 Å². The van der Waals surface area contributed by atoms with Crippen LogP contribution in [0.3, 0.4) is 0 Å². The van der Waals surface area contributed by atoms with E-state index in [0.29, 0.717) is 26.2 Å². The van der Waals surface area contributed by atoms with Crippen LogP contribution >= 0.6 is 0 Å². The summed E-state index contributed by atoms with van der Waals surface area (Å²) in [5.41, 5.74) is 7.30. The minimum atomic E-state index is -3.33. The van der Waals surface area contributed by atoms with Gasteiger partial charge in [0.15, 0.2) is 0 Å². The molecule has 2 N–H and O–H groups in total. The Morgan fingerprint density at radius 2 is 1.65 bits per heavy atom. The first kappa shape index (κ1) is 14.0. The third kappa shape index (κ3) is 2.48. The Morgan fingerprint density at radius 3 is 2.30 bits per heavy atom. The summed E-state index contributed by atoms with van der Waals surface area (Å²) in [6.45, 7) is 2.19. The van der Waals surface area contributed by atoms with E-state index in [1.165, 1.54) is 0 Å². The molecule has 2 saturated heterocycles. The van der Waals surface area contributed by atoms with Crippen LogP contribution in [0.25, 0.3) is 0 Å². The summed E-state index contributed by atoms with van der Waals surface area (Å²) in [5, 5.41) is 0. The van der Waals surface area contributed by atoms with Gasteiger partial charge in [0.25, 0.3) is 10.2 Å². The SMILES string of the molecule is N[C@H]1CN(S(=O)(=O)N2CCCC2)C[C@@H]1c1ccccc1. The van der Waals surface area contributed by atoms with Crippen molar-refractivity contribution in [1.82, 2.24) is 8.61 Å². The molecule has 20 heavy (non-hydrogen) atoms. The van der Waals surface area contributed by atoms with Crippen molar-refractivity contribution in [3.05, 3.63) is 35.9 Å². The fourth-order valence-corrected chi connectivity index (χ4v) is 4.87. The van der Waals surface area contributed by atoms with Crippen molar-refractivity contribution in [1.29, 1.82) is 0 Å². The molecule has 5 nitrogen and oxygen atoms in total. The summed E-state index contributed by atoms with van der Waals surface area (Å²) in [6, 6.07) is 9.82. The van der Waals surface area contributed by atoms with Gasteiger partial charge in [0.1, 0.15) is 0 Å². The number of nitrogens with two attached hydrogens (primary N) is 1. The first-order valence-electron chi connectivity index (χ1n) is 7.15. The Balaban J connectivity index is 1.78. The van der Waals surface area contributed by atoms with Gasteiger partial charge in [0.2, 0.25) is 0 Å². The van der Waals surface area contributed by atoms with Crippen LogP contribution in [0.15, 0.2) is 30.3 Å². The number of hydrogen-bond donors (Lipinski definition) is 1. The highest BCUT2D eigenvalue weighted by atomic mass is 32.2. The highest BCUT2D eigenvalue weighted by Gasteiger charge is 2.40. The van der Waals surface area contributed by atoms with Gasteiger partial charge in [-0.1, -0.05) is 30.3 Å². The zero-order valence-electron chi connectivity index (χ0n) is 11.5. The topological polar surface area (TPSA) is 66.6 Å². The molecule has 0 unspecified atom stereocenters. The molecule has 2 fully saturated rings. The van der Waals surface area contributed by atoms with E-state index in [9.17, 15) is 8.42 Å². The fourth-order valence-electron chi connectivity index (χ4n) is 3.12. The van der Waals surface area contributed by atoms with Gasteiger partial charge in [-0.25, -0.2) is 0 Å². The molecule has 2 aliphatic rings. The first-order chi connectivity index (χ1) is 9.59. The van der Waals surface area contributed by atoms with E-state index in [1.807, 2.05) is 30.3 Å². The first-order valence-corrected chi connectivity index (χ1v) is 8.54. The van der Waals surface area contributed by atoms with Crippen molar-refractivity contribution in [3.63, 3.8) is 0 Å². The lowest BCUT2D eigenvalue weighted by molar-refractivity contribution is 0.394. The minimum absolute atomic E-state index is 0.0913. The van der Waals surface area contributed by atoms with Crippen LogP contribution in [-0.2, 0) is 10.2 Å². The van der Waals surface area contributed by atoms with Gasteiger partial charge in [-0.15, -0.1) is 0 Å². The molecule has 0 amide bonds. The molecule has 3 rings (SSSR count). The Kier molecular flexibility index (Phi) is 3.81. The highest BCUT2D eigenvalue weighted by Crippen LogP contribution is 2.30. The zero-order chi connectivity index (χ0) is 14.2. The molecule has 0 spiro atoms. The van der Waals surface area contributed by atoms with Crippen molar-refractivity contribution >= 4 is 10.2 Å². The molecule has 6 heteroatoms. The van der Waals surface area contributed by atoms with Gasteiger partial charge in [-0.05, 0) is 18.4 Å². The number of hydrogen-bond acceptors (Lipinski definition) is 3. The van der Waals surface area contributed by atoms with Crippen LogP contribution < -0.4 is 5.73 Å². The predicted molar refractivity (Wildman–Crippen MR) is 78.5 cm³/mol. The molecule has 2 atom stereocenters. The average Bonchev–Trinajstić information content (AvgIpc) is 3.09. The van der Waals surface area contributed by atoms with E-state index < -0.39 is 10.2 Å². The lowest BCUT2D eigenvalue weighted by Crippen LogP contribution is -2.42. The molecule has 0 saturated carbocycles. The predicted octanol–water partition coefficient (Wildman–Crippen LogP) is 0.754. The summed E-state index contributed by atoms with van der Waals surface area (Å²) in [4.78, 5) is 0. The smallest absolute Gasteiger partial charge is 0.282 e. The Morgan fingerprint density at radius 1 is 1.00 bits per heavy atom. The van der Waals surface area contributed by atoms with Gasteiger partial charge in [-0.2, -0.15) is 17.0 Å². The highest BCUT2D eigenvalue weighted by molar-refractivity contribution is 7.86. The average molecular weight is 295 g/mol. The second-order valence-electron chi connectivity index (χ2n) is 5.61. The van der Waals surface area contributed by atoms with Crippen molar-refractivity contribution < 1.29 is 8.42 Å². The molecule has 1 aromatic rings. The van der Waals surface area contributed by atoms with Gasteiger partial charge in [0.05, 0.1) is 0 Å². The second kappa shape index (κ2) is 5.44. The van der Waals surface area contributed by atoms with Gasteiger partial charge in [0, 0.05) is 38.1 Å². The number of rotatable bonds is 3. The summed E-state index contributed by atoms with van der Waals surface area (Å²) < 4.78 is 28.3. The van der Waals surface area contributed by atoms with E-state index in [4.69, 9.17) is 5.73 Å². The van der Waals surface area contributed by atoms with Crippen LogP contribution in [0.1, 0.15) is 24.3 Å². The van der Waals surface area contributed by atoms with Gasteiger partial charge in [-0.3, -0.25) is 0 Å². The molecular weight excluding hydrogens is 274 g/mol. The zero-order valence-corrected chi connectivity index (χ0v) is 12.3. The van der Waals surface area contributed by atoms with Crippen LogP contribution in [-0.4, -0.2) is 49.2 Å². The van der Waals surface area contributed by atoms with E-state index in [1.54, 1.807) is 8.61 Å². The molecule has 2 aliphatic heterocycles. The second-order valence-corrected chi connectivity index (χ2v) is 7.54. The van der Waals surface area contributed by atoms with Crippen LogP contribution in [0.4, 0.5) is 0 Å². The van der Waals surface area contributed by atoms with E-state index >= 15 is 0 Å². The van der Waals surface area contributed by atoms with Crippen molar-refractivity contribution in [3.8, 4) is 0 Å². The molecule has 0 aromatic heterocycles. The Bertz CT molecular complexity index is 555. The van der Waals surface area contributed by atoms with Crippen molar-refractivity contribution in [2.75, 3.05) is 26.2 Å². The molecular formula is C14H21N3O2S. The summed E-state index contributed by atoms with van der Waals surface area (Å²) in [5.74, 6) is 0.0913. The van der Waals surface area contributed by atoms with Crippen LogP contribution in [0.5, 0.6) is 0 Å². The molecule has 1 aromatic carbocycles. The largest absolute Gasteiger partial charge is 0.326 e. The maximum Gasteiger partial charge on any atom is 0.282 e. The number of nitrogens with zero attached hydrogens (tertiary/aromatic N) is 2. The third-order valence-corrected chi connectivity index (χ3v) is 6.25. The van der Waals surface area contributed by atoms with Gasteiger partial charge >= 0.3 is 0 Å². The third-order valence-electron chi connectivity index (χ3n) is 4.28. The van der Waals surface area contributed by atoms with Gasteiger partial charge < -0.3 is 5.73 Å². The lowest BCUT2D eigenvalue weighted by atomic mass is 9.95. The summed E-state index contributed by atoms with van der Waals surface area (Å²) in [7, 11) is -3.33. The van der Waals surface area contributed by atoms with E-state index in [0.717, 1.165) is 18.4 Å². The fraction of sp³-hybridized carbons (Fsp3) is 0.571. The molecule has 0 bridgehead atoms. The molecule has 0 radical (unpaired) electrons. The summed E-state index contributed by atoms with van der Waals surface area (Å²) in [6.07, 6.45) is 1.92. The maximum atomic E-state index is 12.6. The summed E-state index contributed by atoms with van der Waals surface area (Å²) >= 11 is 0. The monoisotopic (exact) mass is 295 g/mol. The molecule has 110 valence electrons. The standard InChI is InChI=1S/C14H21N3O2S/c15-14-11-17(20(18,19)16-8-4-5-9-16)10-13(14)12-6-2-1-3-7-12/h1-3,6-7,13-14H,4-5,8-11,15H2/t13-,14+/m1/s1. The number of benzene rings is 1. The minimum Gasteiger partial charge on any atom is -0.326 e. The lowest BCUT2D eigenvalue weighted by Gasteiger charge is -2.23.